The second-order valence-electron chi connectivity index (χ2n) is 9.51. The Labute approximate surface area is 229 Å². The predicted octanol–water partition coefficient (Wildman–Crippen LogP) is 5.27. The van der Waals surface area contributed by atoms with Crippen LogP contribution in [0.3, 0.4) is 0 Å². The van der Waals surface area contributed by atoms with E-state index in [4.69, 9.17) is 4.52 Å². The van der Waals surface area contributed by atoms with Gasteiger partial charge in [-0.25, -0.2) is 14.2 Å². The van der Waals surface area contributed by atoms with Crippen molar-refractivity contribution in [2.45, 2.75) is 39.3 Å². The first-order chi connectivity index (χ1) is 19.3. The number of nitrogens with zero attached hydrogens (tertiary/aromatic N) is 2. The Morgan fingerprint density at radius 2 is 1.88 bits per heavy atom. The summed E-state index contributed by atoms with van der Waals surface area (Å²) in [5.74, 6) is -0.875. The molecule has 0 aliphatic carbocycles. The summed E-state index contributed by atoms with van der Waals surface area (Å²) in [6.07, 6.45) is 0.523. The van der Waals surface area contributed by atoms with Gasteiger partial charge in [0.25, 0.3) is 5.91 Å². The summed E-state index contributed by atoms with van der Waals surface area (Å²) in [4.78, 5) is 32.6. The lowest BCUT2D eigenvalue weighted by Gasteiger charge is -2.17. The lowest BCUT2D eigenvalue weighted by molar-refractivity contribution is -0.139. The molecule has 5 rings (SSSR count). The van der Waals surface area contributed by atoms with Crippen LogP contribution < -0.4 is 10.6 Å². The Hall–Kier alpha value is -4.99. The molecule has 0 aliphatic rings. The van der Waals surface area contributed by atoms with Gasteiger partial charge >= 0.3 is 5.97 Å². The molecule has 9 nitrogen and oxygen atoms in total. The molecule has 10 heteroatoms. The fraction of sp³-hybridized carbons (Fsp3) is 0.200. The molecule has 204 valence electrons. The van der Waals surface area contributed by atoms with Gasteiger partial charge in [0.1, 0.15) is 17.6 Å². The zero-order valence-electron chi connectivity index (χ0n) is 22.0. The molecule has 40 heavy (non-hydrogen) atoms. The van der Waals surface area contributed by atoms with E-state index >= 15 is 0 Å². The third-order valence-corrected chi connectivity index (χ3v) is 6.66. The predicted molar refractivity (Wildman–Crippen MR) is 148 cm³/mol. The van der Waals surface area contributed by atoms with Crippen LogP contribution in [0.1, 0.15) is 39.7 Å². The minimum Gasteiger partial charge on any atom is -0.480 e. The molecular weight excluding hydrogens is 513 g/mol. The Balaban J connectivity index is 1.22. The number of amides is 1. The molecule has 0 aliphatic heterocycles. The summed E-state index contributed by atoms with van der Waals surface area (Å²) < 4.78 is 19.3. The van der Waals surface area contributed by atoms with E-state index in [1.165, 1.54) is 12.1 Å². The number of halogens is 1. The minimum absolute atomic E-state index is 0.0779. The van der Waals surface area contributed by atoms with Gasteiger partial charge in [0.15, 0.2) is 5.76 Å². The molecule has 5 aromatic rings. The molecule has 2 heterocycles. The normalized spacial score (nSPS) is 11.9. The number of aromatic amines is 1. The van der Waals surface area contributed by atoms with E-state index in [2.05, 4.69) is 25.8 Å². The largest absolute Gasteiger partial charge is 0.480 e. The van der Waals surface area contributed by atoms with Crippen molar-refractivity contribution in [2.75, 3.05) is 5.32 Å². The van der Waals surface area contributed by atoms with Crippen molar-refractivity contribution < 1.29 is 23.6 Å². The van der Waals surface area contributed by atoms with Gasteiger partial charge in [0.05, 0.1) is 17.6 Å². The van der Waals surface area contributed by atoms with E-state index in [-0.39, 0.29) is 6.42 Å². The number of imidazole rings is 1. The third kappa shape index (κ3) is 5.85. The van der Waals surface area contributed by atoms with Crippen molar-refractivity contribution >= 4 is 28.9 Å². The van der Waals surface area contributed by atoms with E-state index in [0.29, 0.717) is 47.1 Å². The number of carboxylic acid groups (broad SMARTS) is 1. The van der Waals surface area contributed by atoms with Crippen LogP contribution in [0.2, 0.25) is 0 Å². The maximum Gasteiger partial charge on any atom is 0.326 e. The van der Waals surface area contributed by atoms with E-state index in [0.717, 1.165) is 22.2 Å². The van der Waals surface area contributed by atoms with Gasteiger partial charge < -0.3 is 25.2 Å². The van der Waals surface area contributed by atoms with Gasteiger partial charge in [-0.1, -0.05) is 48.5 Å². The van der Waals surface area contributed by atoms with Crippen molar-refractivity contribution in [1.82, 2.24) is 20.4 Å². The first-order valence-electron chi connectivity index (χ1n) is 12.9. The number of aryl methyl sites for hydroxylation is 2. The number of hydrogen-bond donors (Lipinski definition) is 4. The van der Waals surface area contributed by atoms with Crippen molar-refractivity contribution in [2.24, 2.45) is 0 Å². The van der Waals surface area contributed by atoms with Crippen LogP contribution in [0.5, 0.6) is 0 Å². The van der Waals surface area contributed by atoms with E-state index < -0.39 is 23.7 Å². The maximum atomic E-state index is 13.8. The van der Waals surface area contributed by atoms with Crippen molar-refractivity contribution in [1.29, 1.82) is 0 Å². The molecule has 1 atom stereocenters. The standard InChI is InChI=1S/C30H28FN5O4/c1-3-19-14-21(31)12-17(2)27(19)28(37)33-26(29(38)39)13-18-8-10-20(11-9-18)25-15-22(40-36-25)16-32-30-34-23-6-4-5-7-24(23)35-30/h4-12,14-15,26H,3,13,16H2,1-2H3,(H,33,37)(H,38,39)(H2,32,34,35). The topological polar surface area (TPSA) is 133 Å². The summed E-state index contributed by atoms with van der Waals surface area (Å²) in [5, 5.41) is 19.7. The zero-order chi connectivity index (χ0) is 28.2. The summed E-state index contributed by atoms with van der Waals surface area (Å²) >= 11 is 0. The highest BCUT2D eigenvalue weighted by molar-refractivity contribution is 5.99. The van der Waals surface area contributed by atoms with Crippen LogP contribution in [0.15, 0.2) is 71.3 Å². The number of para-hydroxylation sites is 2. The van der Waals surface area contributed by atoms with Crippen LogP contribution >= 0.6 is 0 Å². The molecule has 1 unspecified atom stereocenters. The third-order valence-electron chi connectivity index (χ3n) is 6.66. The first kappa shape index (κ1) is 26.6. The Morgan fingerprint density at radius 1 is 1.10 bits per heavy atom. The molecule has 0 saturated heterocycles. The Kier molecular flexibility index (Phi) is 7.59. The Bertz CT molecular complexity index is 1640. The average molecular weight is 542 g/mol. The van der Waals surface area contributed by atoms with Crippen molar-refractivity contribution in [3.05, 3.63) is 101 Å². The number of aromatic nitrogens is 3. The van der Waals surface area contributed by atoms with Crippen LogP contribution in [-0.2, 0) is 24.2 Å². The number of H-pyrrole nitrogens is 1. The van der Waals surface area contributed by atoms with Crippen LogP contribution in [0, 0.1) is 12.7 Å². The molecule has 2 aromatic heterocycles. The number of rotatable bonds is 10. The fourth-order valence-electron chi connectivity index (χ4n) is 4.63. The van der Waals surface area contributed by atoms with Crippen molar-refractivity contribution in [3.63, 3.8) is 0 Å². The smallest absolute Gasteiger partial charge is 0.326 e. The molecule has 0 bridgehead atoms. The van der Waals surface area contributed by atoms with Gasteiger partial charge in [0.2, 0.25) is 5.95 Å². The second-order valence-corrected chi connectivity index (χ2v) is 9.51. The number of carbonyl (C=O) groups excluding carboxylic acids is 1. The molecule has 3 aromatic carbocycles. The van der Waals surface area contributed by atoms with Gasteiger partial charge in [-0.05, 0) is 54.3 Å². The average Bonchev–Trinajstić information content (AvgIpc) is 3.58. The van der Waals surface area contributed by atoms with Gasteiger partial charge in [-0.2, -0.15) is 0 Å². The van der Waals surface area contributed by atoms with Gasteiger partial charge in [0, 0.05) is 23.6 Å². The highest BCUT2D eigenvalue weighted by Gasteiger charge is 2.24. The lowest BCUT2D eigenvalue weighted by atomic mass is 9.98. The van der Waals surface area contributed by atoms with E-state index in [9.17, 15) is 19.1 Å². The second kappa shape index (κ2) is 11.4. The zero-order valence-corrected chi connectivity index (χ0v) is 22.0. The maximum absolute atomic E-state index is 13.8. The number of anilines is 1. The highest BCUT2D eigenvalue weighted by atomic mass is 19.1. The van der Waals surface area contributed by atoms with Gasteiger partial charge in [-0.15, -0.1) is 0 Å². The van der Waals surface area contributed by atoms with Gasteiger partial charge in [-0.3, -0.25) is 4.79 Å². The quantitative estimate of drug-likeness (QED) is 0.189. The number of carbonyl (C=O) groups is 2. The fourth-order valence-corrected chi connectivity index (χ4v) is 4.63. The van der Waals surface area contributed by atoms with Crippen molar-refractivity contribution in [3.8, 4) is 11.3 Å². The number of benzene rings is 3. The number of nitrogens with one attached hydrogen (secondary N) is 3. The molecular formula is C30H28FN5O4. The molecule has 0 fully saturated rings. The molecule has 0 radical (unpaired) electrons. The lowest BCUT2D eigenvalue weighted by Crippen LogP contribution is -2.42. The van der Waals surface area contributed by atoms with E-state index in [1.54, 1.807) is 19.1 Å². The Morgan fingerprint density at radius 3 is 2.60 bits per heavy atom. The summed E-state index contributed by atoms with van der Waals surface area (Å²) in [7, 11) is 0. The van der Waals surface area contributed by atoms with E-state index in [1.807, 2.05) is 49.4 Å². The SMILES string of the molecule is CCc1cc(F)cc(C)c1C(=O)NC(Cc1ccc(-c2cc(CNc3nc4ccccc4[nH]3)on2)cc1)C(=O)O. The van der Waals surface area contributed by atoms with Crippen LogP contribution in [-0.4, -0.2) is 38.1 Å². The number of carboxylic acids is 1. The monoisotopic (exact) mass is 541 g/mol. The summed E-state index contributed by atoms with van der Waals surface area (Å²) in [6, 6.07) is 18.2. The summed E-state index contributed by atoms with van der Waals surface area (Å²) in [6.45, 7) is 3.84. The van der Waals surface area contributed by atoms with Crippen LogP contribution in [0.25, 0.3) is 22.3 Å². The minimum atomic E-state index is -1.16. The highest BCUT2D eigenvalue weighted by Crippen LogP contribution is 2.22. The number of aliphatic carboxylic acids is 1. The molecule has 0 spiro atoms. The van der Waals surface area contributed by atoms with Crippen LogP contribution in [0.4, 0.5) is 10.3 Å². The summed E-state index contributed by atoms with van der Waals surface area (Å²) in [5.41, 5.74) is 5.25. The first-order valence-corrected chi connectivity index (χ1v) is 12.9. The number of fused-ring (bicyclic) bond motifs is 1. The molecule has 1 amide bonds. The molecule has 0 saturated carbocycles. The number of hydrogen-bond acceptors (Lipinski definition) is 6. The molecule has 4 N–H and O–H groups in total.